The minimum Gasteiger partial charge on any atom is -0.365 e. The maximum Gasteiger partial charge on any atom is 0.239 e. The van der Waals surface area contributed by atoms with Crippen molar-refractivity contribution in [1.82, 2.24) is 25.2 Å². The van der Waals surface area contributed by atoms with Crippen LogP contribution in [0.5, 0.6) is 0 Å². The first kappa shape index (κ1) is 22.4. The number of carbonyl (C=O) groups excluding carboxylic acids is 1. The Bertz CT molecular complexity index is 1170. The summed E-state index contributed by atoms with van der Waals surface area (Å²) in [6.45, 7) is 7.42. The SMILES string of the molecule is CC(c1ccc(Cl)cc1Cl)n1nnc2ccc(N3CCN(C(=O)[C@H]4CCCN4)C[C@@H]3C)cc21. The number of amides is 1. The van der Waals surface area contributed by atoms with E-state index in [1.807, 2.05) is 27.8 Å². The Balaban J connectivity index is 1.38. The molecule has 2 aliphatic heterocycles. The molecule has 3 heterocycles. The minimum atomic E-state index is -0.0965. The fraction of sp³-hybridized carbons (Fsp3) is 0.458. The number of carbonyl (C=O) groups is 1. The van der Waals surface area contributed by atoms with Gasteiger partial charge in [0, 0.05) is 41.4 Å². The number of rotatable bonds is 4. The summed E-state index contributed by atoms with van der Waals surface area (Å²) in [5, 5.41) is 13.3. The lowest BCUT2D eigenvalue weighted by atomic mass is 10.1. The first-order valence-corrected chi connectivity index (χ1v) is 12.3. The number of nitrogens with one attached hydrogen (secondary N) is 1. The molecule has 9 heteroatoms. The molecule has 5 rings (SSSR count). The van der Waals surface area contributed by atoms with Crippen molar-refractivity contribution in [3.63, 3.8) is 0 Å². The van der Waals surface area contributed by atoms with Gasteiger partial charge in [-0.3, -0.25) is 4.79 Å². The van der Waals surface area contributed by atoms with E-state index in [1.165, 1.54) is 0 Å². The molecule has 0 saturated carbocycles. The molecule has 0 radical (unpaired) electrons. The van der Waals surface area contributed by atoms with Crippen molar-refractivity contribution >= 4 is 45.8 Å². The molecule has 2 aliphatic rings. The summed E-state index contributed by atoms with van der Waals surface area (Å²) >= 11 is 12.5. The van der Waals surface area contributed by atoms with Gasteiger partial charge in [-0.05, 0) is 69.1 Å². The van der Waals surface area contributed by atoms with Crippen molar-refractivity contribution in [2.24, 2.45) is 0 Å². The third-order valence-electron chi connectivity index (χ3n) is 6.86. The predicted molar refractivity (Wildman–Crippen MR) is 132 cm³/mol. The first-order chi connectivity index (χ1) is 15.9. The van der Waals surface area contributed by atoms with Gasteiger partial charge in [0.25, 0.3) is 0 Å². The normalized spacial score (nSPS) is 22.2. The molecular weight excluding hydrogens is 459 g/mol. The van der Waals surface area contributed by atoms with Crippen molar-refractivity contribution in [2.75, 3.05) is 31.1 Å². The topological polar surface area (TPSA) is 66.3 Å². The Hall–Kier alpha value is -2.35. The molecule has 1 N–H and O–H groups in total. The molecule has 3 aromatic rings. The van der Waals surface area contributed by atoms with Crippen molar-refractivity contribution in [1.29, 1.82) is 0 Å². The number of halogens is 2. The monoisotopic (exact) mass is 486 g/mol. The summed E-state index contributed by atoms with van der Waals surface area (Å²) < 4.78 is 1.91. The largest absolute Gasteiger partial charge is 0.365 e. The summed E-state index contributed by atoms with van der Waals surface area (Å²) in [6, 6.07) is 11.9. The maximum atomic E-state index is 12.8. The quantitative estimate of drug-likeness (QED) is 0.600. The van der Waals surface area contributed by atoms with Crippen LogP contribution in [0.1, 0.15) is 38.3 Å². The Labute approximate surface area is 203 Å². The number of piperazine rings is 1. The molecule has 33 heavy (non-hydrogen) atoms. The zero-order valence-corrected chi connectivity index (χ0v) is 20.4. The average Bonchev–Trinajstić information content (AvgIpc) is 3.48. The lowest BCUT2D eigenvalue weighted by molar-refractivity contribution is -0.133. The van der Waals surface area contributed by atoms with Gasteiger partial charge in [-0.1, -0.05) is 34.5 Å². The van der Waals surface area contributed by atoms with Crippen LogP contribution in [0.15, 0.2) is 36.4 Å². The molecule has 3 atom stereocenters. The molecule has 2 fully saturated rings. The highest BCUT2D eigenvalue weighted by Gasteiger charge is 2.32. The minimum absolute atomic E-state index is 0.0123. The Morgan fingerprint density at radius 3 is 2.76 bits per heavy atom. The molecule has 1 amide bonds. The van der Waals surface area contributed by atoms with Gasteiger partial charge in [-0.15, -0.1) is 5.10 Å². The molecule has 0 bridgehead atoms. The number of hydrogen-bond donors (Lipinski definition) is 1. The molecule has 2 aromatic carbocycles. The van der Waals surface area contributed by atoms with E-state index in [-0.39, 0.29) is 24.0 Å². The van der Waals surface area contributed by atoms with Gasteiger partial charge in [0.15, 0.2) is 0 Å². The van der Waals surface area contributed by atoms with Gasteiger partial charge in [-0.25, -0.2) is 4.68 Å². The highest BCUT2D eigenvalue weighted by Crippen LogP contribution is 2.31. The summed E-state index contributed by atoms with van der Waals surface area (Å²) in [5.41, 5.74) is 3.84. The Morgan fingerprint density at radius 1 is 1.18 bits per heavy atom. The third-order valence-corrected chi connectivity index (χ3v) is 7.43. The smallest absolute Gasteiger partial charge is 0.239 e. The van der Waals surface area contributed by atoms with Crippen LogP contribution in [0.3, 0.4) is 0 Å². The lowest BCUT2D eigenvalue weighted by Gasteiger charge is -2.42. The summed E-state index contributed by atoms with van der Waals surface area (Å²) in [4.78, 5) is 17.2. The van der Waals surface area contributed by atoms with Gasteiger partial charge in [0.05, 0.1) is 17.6 Å². The summed E-state index contributed by atoms with van der Waals surface area (Å²) in [7, 11) is 0. The van der Waals surface area contributed by atoms with Crippen LogP contribution < -0.4 is 10.2 Å². The molecule has 0 spiro atoms. The Morgan fingerprint density at radius 2 is 2.03 bits per heavy atom. The van der Waals surface area contributed by atoms with Crippen LogP contribution in [-0.4, -0.2) is 64.1 Å². The van der Waals surface area contributed by atoms with E-state index >= 15 is 0 Å². The van der Waals surface area contributed by atoms with Crippen molar-refractivity contribution in [2.45, 2.75) is 44.8 Å². The highest BCUT2D eigenvalue weighted by atomic mass is 35.5. The van der Waals surface area contributed by atoms with E-state index in [0.717, 1.165) is 61.3 Å². The van der Waals surface area contributed by atoms with Crippen LogP contribution in [0.2, 0.25) is 10.0 Å². The van der Waals surface area contributed by atoms with Crippen LogP contribution >= 0.6 is 23.2 Å². The van der Waals surface area contributed by atoms with Gasteiger partial charge >= 0.3 is 0 Å². The molecule has 0 aliphatic carbocycles. The van der Waals surface area contributed by atoms with Crippen LogP contribution in [-0.2, 0) is 4.79 Å². The van der Waals surface area contributed by atoms with Gasteiger partial charge in [-0.2, -0.15) is 0 Å². The highest BCUT2D eigenvalue weighted by molar-refractivity contribution is 6.35. The number of fused-ring (bicyclic) bond motifs is 1. The van der Waals surface area contributed by atoms with Gasteiger partial charge in [0.1, 0.15) is 5.52 Å². The number of hydrogen-bond acceptors (Lipinski definition) is 5. The molecule has 7 nitrogen and oxygen atoms in total. The second kappa shape index (κ2) is 9.12. The average molecular weight is 487 g/mol. The number of nitrogens with zero attached hydrogens (tertiary/aromatic N) is 5. The molecular formula is C24H28Cl2N6O. The van der Waals surface area contributed by atoms with Crippen molar-refractivity contribution < 1.29 is 4.79 Å². The van der Waals surface area contributed by atoms with E-state index in [2.05, 4.69) is 46.5 Å². The zero-order chi connectivity index (χ0) is 23.1. The number of benzene rings is 2. The zero-order valence-electron chi connectivity index (χ0n) is 18.8. The fourth-order valence-electron chi connectivity index (χ4n) is 5.02. The second-order valence-corrected chi connectivity index (χ2v) is 9.87. The predicted octanol–water partition coefficient (Wildman–Crippen LogP) is 4.14. The molecule has 174 valence electrons. The van der Waals surface area contributed by atoms with Crippen molar-refractivity contribution in [3.05, 3.63) is 52.0 Å². The summed E-state index contributed by atoms with van der Waals surface area (Å²) in [5.74, 6) is 0.241. The lowest BCUT2D eigenvalue weighted by Crippen LogP contribution is -2.56. The maximum absolute atomic E-state index is 12.8. The van der Waals surface area contributed by atoms with Crippen molar-refractivity contribution in [3.8, 4) is 0 Å². The van der Waals surface area contributed by atoms with Gasteiger partial charge in [0.2, 0.25) is 5.91 Å². The van der Waals surface area contributed by atoms with E-state index in [4.69, 9.17) is 23.2 Å². The van der Waals surface area contributed by atoms with E-state index in [0.29, 0.717) is 10.0 Å². The molecule has 2 saturated heterocycles. The Kier molecular flexibility index (Phi) is 6.20. The van der Waals surface area contributed by atoms with E-state index < -0.39 is 0 Å². The first-order valence-electron chi connectivity index (χ1n) is 11.5. The fourth-order valence-corrected chi connectivity index (χ4v) is 5.58. The van der Waals surface area contributed by atoms with Crippen LogP contribution in [0.25, 0.3) is 11.0 Å². The van der Waals surface area contributed by atoms with Crippen LogP contribution in [0, 0.1) is 0 Å². The van der Waals surface area contributed by atoms with Gasteiger partial charge < -0.3 is 15.1 Å². The standard InChI is InChI=1S/C24H28Cl2N6O/c1-15-14-30(24(33)22-4-3-9-27-22)10-11-31(15)18-6-8-21-23(13-18)32(29-28-21)16(2)19-7-5-17(25)12-20(19)26/h5-8,12-13,15-16,22,27H,3-4,9-11,14H2,1-2H3/t15-,16?,22+/m0/s1. The molecule has 1 unspecified atom stereocenters. The third kappa shape index (κ3) is 4.29. The summed E-state index contributed by atoms with van der Waals surface area (Å²) in [6.07, 6.45) is 2.02. The van der Waals surface area contributed by atoms with Crippen LogP contribution in [0.4, 0.5) is 5.69 Å². The van der Waals surface area contributed by atoms with E-state index in [9.17, 15) is 4.79 Å². The number of anilines is 1. The molecule has 1 aromatic heterocycles. The second-order valence-electron chi connectivity index (χ2n) is 9.02. The number of aromatic nitrogens is 3. The van der Waals surface area contributed by atoms with E-state index in [1.54, 1.807) is 6.07 Å².